The van der Waals surface area contributed by atoms with Gasteiger partial charge in [0.05, 0.1) is 0 Å². The molecule has 1 fully saturated rings. The summed E-state index contributed by atoms with van der Waals surface area (Å²) in [6, 6.07) is 0. The smallest absolute Gasteiger partial charge is 0.478 e. The number of carbonyl (C=O) groups is 2. The lowest BCUT2D eigenvalue weighted by Crippen LogP contribution is -2.57. The zero-order valence-corrected chi connectivity index (χ0v) is 9.97. The van der Waals surface area contributed by atoms with Crippen molar-refractivity contribution in [2.24, 2.45) is 0 Å². The number of hydrogen-bond acceptors (Lipinski definition) is 6. The molecule has 3 atom stereocenters. The van der Waals surface area contributed by atoms with Gasteiger partial charge in [-0.3, -0.25) is 0 Å². The molecule has 0 aliphatic carbocycles. The van der Waals surface area contributed by atoms with Crippen LogP contribution in [-0.2, 0) is 23.7 Å². The van der Waals surface area contributed by atoms with Crippen LogP contribution in [0.25, 0.3) is 0 Å². The second kappa shape index (κ2) is 5.33. The molecule has 0 aromatic heterocycles. The number of aliphatic carboxylic acids is 1. The molecule has 0 aromatic carbocycles. The molecule has 98 valence electrons. The van der Waals surface area contributed by atoms with Crippen molar-refractivity contribution < 1.29 is 33.6 Å². The van der Waals surface area contributed by atoms with Gasteiger partial charge in [-0.25, -0.2) is 9.59 Å². The van der Waals surface area contributed by atoms with Gasteiger partial charge < -0.3 is 24.1 Å². The topological polar surface area (TPSA) is 91.3 Å². The summed E-state index contributed by atoms with van der Waals surface area (Å²) in [5.74, 6) is -1.28. The predicted octanol–water partition coefficient (Wildman–Crippen LogP) is 0.764. The normalized spacial score (nSPS) is 30.3. The monoisotopic (exact) mass is 248 g/mol. The standard InChI is InChI=1S/C10H16O7/c1-4-14-6(2)17-10(3)5-15-9(13)16-7(10)8(11)12/h6-7H,4-5H2,1-3H3,(H,11,12). The van der Waals surface area contributed by atoms with Crippen LogP contribution < -0.4 is 0 Å². The van der Waals surface area contributed by atoms with Gasteiger partial charge in [-0.1, -0.05) is 0 Å². The van der Waals surface area contributed by atoms with Gasteiger partial charge >= 0.3 is 12.1 Å². The highest BCUT2D eigenvalue weighted by Gasteiger charge is 2.49. The number of hydrogen-bond donors (Lipinski definition) is 1. The summed E-state index contributed by atoms with van der Waals surface area (Å²) in [6.45, 7) is 5.14. The summed E-state index contributed by atoms with van der Waals surface area (Å²) in [5, 5.41) is 8.98. The van der Waals surface area contributed by atoms with Crippen molar-refractivity contribution in [3.05, 3.63) is 0 Å². The Morgan fingerprint density at radius 1 is 1.71 bits per heavy atom. The molecule has 0 aromatic rings. The van der Waals surface area contributed by atoms with Crippen molar-refractivity contribution in [1.29, 1.82) is 0 Å². The second-order valence-electron chi connectivity index (χ2n) is 3.83. The van der Waals surface area contributed by atoms with Crippen LogP contribution in [0.15, 0.2) is 0 Å². The zero-order valence-electron chi connectivity index (χ0n) is 9.97. The first-order valence-corrected chi connectivity index (χ1v) is 5.24. The molecule has 0 bridgehead atoms. The third-order valence-corrected chi connectivity index (χ3v) is 2.31. The molecule has 1 aliphatic rings. The largest absolute Gasteiger partial charge is 0.509 e. The first kappa shape index (κ1) is 13.7. The molecule has 1 heterocycles. The van der Waals surface area contributed by atoms with E-state index < -0.39 is 30.1 Å². The molecular formula is C10H16O7. The van der Waals surface area contributed by atoms with E-state index >= 15 is 0 Å². The van der Waals surface area contributed by atoms with Crippen molar-refractivity contribution in [3.8, 4) is 0 Å². The van der Waals surface area contributed by atoms with E-state index in [4.69, 9.17) is 14.6 Å². The lowest BCUT2D eigenvalue weighted by molar-refractivity contribution is -0.254. The number of ether oxygens (including phenoxy) is 4. The van der Waals surface area contributed by atoms with Gasteiger partial charge in [0.1, 0.15) is 6.61 Å². The van der Waals surface area contributed by atoms with Crippen LogP contribution in [0.1, 0.15) is 20.8 Å². The van der Waals surface area contributed by atoms with Gasteiger partial charge in [0.15, 0.2) is 11.9 Å². The van der Waals surface area contributed by atoms with Crippen molar-refractivity contribution in [2.45, 2.75) is 38.8 Å². The maximum atomic E-state index is 11.0. The minimum Gasteiger partial charge on any atom is -0.478 e. The highest BCUT2D eigenvalue weighted by Crippen LogP contribution is 2.26. The molecular weight excluding hydrogens is 232 g/mol. The number of carboxylic acid groups (broad SMARTS) is 1. The summed E-state index contributed by atoms with van der Waals surface area (Å²) in [7, 11) is 0. The van der Waals surface area contributed by atoms with Crippen molar-refractivity contribution in [1.82, 2.24) is 0 Å². The Bertz CT molecular complexity index is 303. The molecule has 7 nitrogen and oxygen atoms in total. The molecule has 1 rings (SSSR count). The molecule has 3 unspecified atom stereocenters. The van der Waals surface area contributed by atoms with E-state index in [2.05, 4.69) is 9.47 Å². The second-order valence-corrected chi connectivity index (χ2v) is 3.83. The molecule has 0 saturated carbocycles. The Kier molecular flexibility index (Phi) is 4.30. The third-order valence-electron chi connectivity index (χ3n) is 2.31. The van der Waals surface area contributed by atoms with Crippen molar-refractivity contribution in [3.63, 3.8) is 0 Å². The fourth-order valence-electron chi connectivity index (χ4n) is 1.59. The van der Waals surface area contributed by atoms with E-state index in [1.165, 1.54) is 6.92 Å². The minimum atomic E-state index is -1.41. The van der Waals surface area contributed by atoms with Crippen LogP contribution in [0.3, 0.4) is 0 Å². The van der Waals surface area contributed by atoms with Gasteiger partial charge in [0, 0.05) is 6.61 Å². The van der Waals surface area contributed by atoms with Crippen LogP contribution in [0.2, 0.25) is 0 Å². The molecule has 0 radical (unpaired) electrons. The van der Waals surface area contributed by atoms with Gasteiger partial charge in [-0.05, 0) is 20.8 Å². The summed E-state index contributed by atoms with van der Waals surface area (Å²) < 4.78 is 19.8. The molecule has 17 heavy (non-hydrogen) atoms. The fourth-order valence-corrected chi connectivity index (χ4v) is 1.59. The SMILES string of the molecule is CCOC(C)OC1(C)COC(=O)OC1C(=O)O. The maximum absolute atomic E-state index is 11.0. The van der Waals surface area contributed by atoms with Crippen molar-refractivity contribution >= 4 is 12.1 Å². The average molecular weight is 248 g/mol. The first-order valence-electron chi connectivity index (χ1n) is 5.24. The third kappa shape index (κ3) is 3.31. The van der Waals surface area contributed by atoms with Crippen LogP contribution in [-0.4, -0.2) is 48.4 Å². The lowest BCUT2D eigenvalue weighted by atomic mass is 9.99. The fraction of sp³-hybridized carbons (Fsp3) is 0.800. The Morgan fingerprint density at radius 3 is 2.88 bits per heavy atom. The number of rotatable bonds is 5. The summed E-state index contributed by atoms with van der Waals surface area (Å²) in [5.41, 5.74) is -1.27. The molecule has 7 heteroatoms. The molecule has 0 amide bonds. The van der Waals surface area contributed by atoms with Crippen LogP contribution >= 0.6 is 0 Å². The lowest BCUT2D eigenvalue weighted by Gasteiger charge is -2.38. The first-order chi connectivity index (χ1) is 7.89. The van der Waals surface area contributed by atoms with E-state index in [1.54, 1.807) is 13.8 Å². The van der Waals surface area contributed by atoms with Gasteiger partial charge in [0.2, 0.25) is 6.10 Å². The van der Waals surface area contributed by atoms with Gasteiger partial charge in [-0.2, -0.15) is 0 Å². The van der Waals surface area contributed by atoms with Gasteiger partial charge in [-0.15, -0.1) is 0 Å². The van der Waals surface area contributed by atoms with E-state index in [0.717, 1.165) is 0 Å². The van der Waals surface area contributed by atoms with Crippen LogP contribution in [0, 0.1) is 0 Å². The summed E-state index contributed by atoms with van der Waals surface area (Å²) in [6.07, 6.45) is -3.04. The van der Waals surface area contributed by atoms with Gasteiger partial charge in [0.25, 0.3) is 0 Å². The van der Waals surface area contributed by atoms with E-state index in [0.29, 0.717) is 6.61 Å². The highest BCUT2D eigenvalue weighted by atomic mass is 16.8. The Hall–Kier alpha value is -1.34. The van der Waals surface area contributed by atoms with E-state index in [-0.39, 0.29) is 6.61 Å². The Morgan fingerprint density at radius 2 is 2.35 bits per heavy atom. The number of carboxylic acids is 1. The summed E-state index contributed by atoms with van der Waals surface area (Å²) >= 11 is 0. The Labute approximate surface area is 98.6 Å². The van der Waals surface area contributed by atoms with E-state index in [9.17, 15) is 9.59 Å². The average Bonchev–Trinajstić information content (AvgIpc) is 2.22. The van der Waals surface area contributed by atoms with Crippen LogP contribution in [0.5, 0.6) is 0 Å². The molecule has 1 saturated heterocycles. The molecule has 1 aliphatic heterocycles. The maximum Gasteiger partial charge on any atom is 0.509 e. The zero-order chi connectivity index (χ0) is 13.1. The summed E-state index contributed by atoms with van der Waals surface area (Å²) in [4.78, 5) is 21.9. The minimum absolute atomic E-state index is 0.194. The molecule has 1 N–H and O–H groups in total. The quantitative estimate of drug-likeness (QED) is 0.567. The Balaban J connectivity index is 2.75. The highest BCUT2D eigenvalue weighted by molar-refractivity contribution is 5.78. The predicted molar refractivity (Wildman–Crippen MR) is 54.4 cm³/mol. The van der Waals surface area contributed by atoms with E-state index in [1.807, 2.05) is 0 Å². The number of cyclic esters (lactones) is 2. The number of carbonyl (C=O) groups excluding carboxylic acids is 1. The molecule has 0 spiro atoms. The van der Waals surface area contributed by atoms with Crippen LogP contribution in [0.4, 0.5) is 4.79 Å². The van der Waals surface area contributed by atoms with Crippen molar-refractivity contribution in [2.75, 3.05) is 13.2 Å².